The van der Waals surface area contributed by atoms with Crippen LogP contribution in [0, 0.1) is 0 Å². The number of hydrogen-bond donors (Lipinski definition) is 2. The lowest BCUT2D eigenvalue weighted by Crippen LogP contribution is -2.53. The number of benzene rings is 2. The summed E-state index contributed by atoms with van der Waals surface area (Å²) < 4.78 is 32.8. The summed E-state index contributed by atoms with van der Waals surface area (Å²) in [7, 11) is -3.25. The zero-order valence-electron chi connectivity index (χ0n) is 16.1. The van der Waals surface area contributed by atoms with Crippen molar-refractivity contribution in [1.29, 1.82) is 0 Å². The highest BCUT2D eigenvalue weighted by Gasteiger charge is 2.32. The van der Waals surface area contributed by atoms with Gasteiger partial charge in [-0.25, -0.2) is 13.4 Å². The lowest BCUT2D eigenvalue weighted by atomic mass is 10.1. The second kappa shape index (κ2) is 8.75. The normalized spacial score (nSPS) is 21.9. The number of hydrogen-bond acceptors (Lipinski definition) is 5. The van der Waals surface area contributed by atoms with Crippen LogP contribution in [0.3, 0.4) is 0 Å². The molecule has 1 heterocycles. The van der Waals surface area contributed by atoms with Crippen molar-refractivity contribution in [3.05, 3.63) is 82.3 Å². The van der Waals surface area contributed by atoms with Gasteiger partial charge in [0.2, 0.25) is 5.96 Å². The summed E-state index contributed by atoms with van der Waals surface area (Å²) in [6.07, 6.45) is 6.90. The molecule has 0 bridgehead atoms. The first-order valence-corrected chi connectivity index (χ1v) is 12.3. The maximum atomic E-state index is 11.8. The fraction of sp³-hybridized carbons (Fsp3) is 0.190. The zero-order chi connectivity index (χ0) is 21.1. The summed E-state index contributed by atoms with van der Waals surface area (Å²) in [6, 6.07) is 14.1. The summed E-state index contributed by atoms with van der Waals surface area (Å²) in [4.78, 5) is 5.94. The second-order valence-corrected chi connectivity index (χ2v) is 10.2. The molecule has 4 rings (SSSR count). The van der Waals surface area contributed by atoms with Crippen LogP contribution in [0.25, 0.3) is 0 Å². The van der Waals surface area contributed by atoms with Gasteiger partial charge in [0.25, 0.3) is 0 Å². The Kier molecular flexibility index (Phi) is 6.08. The molecule has 1 aliphatic heterocycles. The standard InChI is InChI=1S/C21H20ClN3O3S2/c1-30(26,27)15-7-4-6-14(12-15)13-23-21-24-20-18(10-5-11-19(20)29-25-21)28-17-9-3-2-8-16(17)22/h2-12,18,20H,13H2,1H3,(H2,23,24,25). The van der Waals surface area contributed by atoms with Gasteiger partial charge in [-0.1, -0.05) is 41.9 Å². The third kappa shape index (κ3) is 4.83. The number of sulfone groups is 1. The molecule has 0 amide bonds. The summed E-state index contributed by atoms with van der Waals surface area (Å²) in [5.74, 6) is 1.23. The highest BCUT2D eigenvalue weighted by molar-refractivity contribution is 8.01. The average Bonchev–Trinajstić information content (AvgIpc) is 2.74. The molecule has 9 heteroatoms. The molecule has 2 unspecified atom stereocenters. The van der Waals surface area contributed by atoms with Crippen LogP contribution >= 0.6 is 23.5 Å². The molecule has 2 N–H and O–H groups in total. The SMILES string of the molecule is CS(=O)(=O)c1cccc(CN=C2NSC3=CC=CC(Oc4ccccc4Cl)C3N2)c1. The Hall–Kier alpha value is -2.42. The van der Waals surface area contributed by atoms with Crippen LogP contribution in [0.2, 0.25) is 5.02 Å². The van der Waals surface area contributed by atoms with E-state index in [1.807, 2.05) is 42.5 Å². The molecule has 2 aromatic rings. The van der Waals surface area contributed by atoms with Gasteiger partial charge >= 0.3 is 0 Å². The summed E-state index contributed by atoms with van der Waals surface area (Å²) in [6.45, 7) is 0.344. The topological polar surface area (TPSA) is 79.8 Å². The summed E-state index contributed by atoms with van der Waals surface area (Å²) in [5.41, 5.74) is 0.813. The number of ether oxygens (including phenoxy) is 1. The molecule has 1 fully saturated rings. The fourth-order valence-electron chi connectivity index (χ4n) is 3.09. The van der Waals surface area contributed by atoms with Crippen LogP contribution in [-0.4, -0.2) is 32.8 Å². The van der Waals surface area contributed by atoms with E-state index in [2.05, 4.69) is 15.0 Å². The molecule has 1 saturated heterocycles. The number of halogens is 1. The number of rotatable bonds is 5. The molecule has 1 aliphatic carbocycles. The molecule has 2 aromatic carbocycles. The van der Waals surface area contributed by atoms with Gasteiger partial charge in [0.1, 0.15) is 17.9 Å². The van der Waals surface area contributed by atoms with E-state index >= 15 is 0 Å². The van der Waals surface area contributed by atoms with Crippen LogP contribution in [0.4, 0.5) is 0 Å². The Labute approximate surface area is 185 Å². The van der Waals surface area contributed by atoms with Crippen LogP contribution in [-0.2, 0) is 16.4 Å². The van der Waals surface area contributed by atoms with Crippen molar-refractivity contribution >= 4 is 39.3 Å². The largest absolute Gasteiger partial charge is 0.482 e. The summed E-state index contributed by atoms with van der Waals surface area (Å²) in [5, 5.41) is 3.93. The molecule has 0 saturated carbocycles. The molecule has 0 radical (unpaired) electrons. The fourth-order valence-corrected chi connectivity index (χ4v) is 4.76. The van der Waals surface area contributed by atoms with Gasteiger partial charge in [0.15, 0.2) is 9.84 Å². The van der Waals surface area contributed by atoms with E-state index < -0.39 is 9.84 Å². The molecular weight excluding hydrogens is 442 g/mol. The first kappa shape index (κ1) is 20.8. The Morgan fingerprint density at radius 3 is 2.83 bits per heavy atom. The highest BCUT2D eigenvalue weighted by Crippen LogP contribution is 2.31. The van der Waals surface area contributed by atoms with E-state index in [-0.39, 0.29) is 17.0 Å². The second-order valence-electron chi connectivity index (χ2n) is 6.88. The van der Waals surface area contributed by atoms with Crippen molar-refractivity contribution in [2.75, 3.05) is 6.26 Å². The predicted octanol–water partition coefficient (Wildman–Crippen LogP) is 3.71. The lowest BCUT2D eigenvalue weighted by Gasteiger charge is -2.35. The van der Waals surface area contributed by atoms with Crippen molar-refractivity contribution in [2.24, 2.45) is 4.99 Å². The van der Waals surface area contributed by atoms with Gasteiger partial charge < -0.3 is 10.1 Å². The lowest BCUT2D eigenvalue weighted by molar-refractivity contribution is 0.222. The van der Waals surface area contributed by atoms with E-state index in [1.54, 1.807) is 24.3 Å². The van der Waals surface area contributed by atoms with Crippen molar-refractivity contribution in [3.8, 4) is 5.75 Å². The monoisotopic (exact) mass is 461 g/mol. The molecule has 0 aromatic heterocycles. The van der Waals surface area contributed by atoms with Crippen LogP contribution in [0.15, 0.2) is 81.6 Å². The average molecular weight is 462 g/mol. The molecule has 30 heavy (non-hydrogen) atoms. The first-order valence-electron chi connectivity index (χ1n) is 9.22. The van der Waals surface area contributed by atoms with Crippen molar-refractivity contribution in [2.45, 2.75) is 23.6 Å². The van der Waals surface area contributed by atoms with Crippen LogP contribution in [0.5, 0.6) is 5.75 Å². The van der Waals surface area contributed by atoms with Gasteiger partial charge in [-0.2, -0.15) is 0 Å². The van der Waals surface area contributed by atoms with Gasteiger partial charge in [-0.3, -0.25) is 4.72 Å². The number of aliphatic imine (C=N–C) groups is 1. The minimum Gasteiger partial charge on any atom is -0.482 e. The number of fused-ring (bicyclic) bond motifs is 1. The third-order valence-electron chi connectivity index (χ3n) is 4.60. The Balaban J connectivity index is 1.48. The quantitative estimate of drug-likeness (QED) is 0.661. The van der Waals surface area contributed by atoms with E-state index in [4.69, 9.17) is 16.3 Å². The van der Waals surface area contributed by atoms with Gasteiger partial charge in [-0.05, 0) is 53.9 Å². The molecular formula is C21H20ClN3O3S2. The Morgan fingerprint density at radius 1 is 1.20 bits per heavy atom. The van der Waals surface area contributed by atoms with E-state index in [0.717, 1.165) is 10.5 Å². The molecule has 6 nitrogen and oxygen atoms in total. The van der Waals surface area contributed by atoms with Crippen molar-refractivity contribution in [1.82, 2.24) is 10.0 Å². The van der Waals surface area contributed by atoms with Gasteiger partial charge in [0, 0.05) is 11.2 Å². The maximum Gasteiger partial charge on any atom is 0.202 e. The number of nitrogens with one attached hydrogen (secondary N) is 2. The minimum absolute atomic E-state index is 0.112. The van der Waals surface area contributed by atoms with Crippen LogP contribution in [0.1, 0.15) is 5.56 Å². The highest BCUT2D eigenvalue weighted by atomic mass is 35.5. The van der Waals surface area contributed by atoms with Gasteiger partial charge in [-0.15, -0.1) is 0 Å². The Bertz CT molecular complexity index is 1150. The van der Waals surface area contributed by atoms with E-state index in [1.165, 1.54) is 18.2 Å². The Morgan fingerprint density at radius 2 is 2.03 bits per heavy atom. The number of nitrogens with zero attached hydrogens (tertiary/aromatic N) is 1. The number of guanidine groups is 1. The van der Waals surface area contributed by atoms with Crippen LogP contribution < -0.4 is 14.8 Å². The predicted molar refractivity (Wildman–Crippen MR) is 121 cm³/mol. The molecule has 2 aliphatic rings. The maximum absolute atomic E-state index is 11.8. The first-order chi connectivity index (χ1) is 14.4. The number of allylic oxidation sites excluding steroid dienone is 2. The van der Waals surface area contributed by atoms with Gasteiger partial charge in [0.05, 0.1) is 16.5 Å². The van der Waals surface area contributed by atoms with E-state index in [0.29, 0.717) is 23.3 Å². The zero-order valence-corrected chi connectivity index (χ0v) is 18.5. The summed E-state index contributed by atoms with van der Waals surface area (Å²) >= 11 is 7.72. The minimum atomic E-state index is -3.25. The smallest absolute Gasteiger partial charge is 0.202 e. The van der Waals surface area contributed by atoms with Crippen molar-refractivity contribution in [3.63, 3.8) is 0 Å². The molecule has 2 atom stereocenters. The third-order valence-corrected chi connectivity index (χ3v) is 6.94. The number of para-hydroxylation sites is 1. The molecule has 0 spiro atoms. The van der Waals surface area contributed by atoms with Crippen molar-refractivity contribution < 1.29 is 13.2 Å². The van der Waals surface area contributed by atoms with E-state index in [9.17, 15) is 8.42 Å². The molecule has 156 valence electrons.